The van der Waals surface area contributed by atoms with E-state index >= 15 is 0 Å². The molecule has 4 aromatic rings. The number of nitrogens with zero attached hydrogens (tertiary/aromatic N) is 2. The maximum absolute atomic E-state index is 12.4. The number of thiophene rings is 1. The van der Waals surface area contributed by atoms with E-state index in [-0.39, 0.29) is 5.97 Å². The number of nitrogens with one attached hydrogen (secondary N) is 1. The third-order valence-electron chi connectivity index (χ3n) is 4.24. The maximum atomic E-state index is 12.4. The van der Waals surface area contributed by atoms with Crippen LogP contribution in [0.2, 0.25) is 0 Å². The van der Waals surface area contributed by atoms with Crippen LogP contribution in [-0.2, 0) is 9.53 Å². The molecule has 0 amide bonds. The normalized spacial score (nSPS) is 11.9. The summed E-state index contributed by atoms with van der Waals surface area (Å²) in [7, 11) is 1.38. The highest BCUT2D eigenvalue weighted by Crippen LogP contribution is 2.35. The van der Waals surface area contributed by atoms with E-state index in [2.05, 4.69) is 33.5 Å². The van der Waals surface area contributed by atoms with E-state index < -0.39 is 6.04 Å². The molecular formula is C21H17N3O2S. The summed E-state index contributed by atoms with van der Waals surface area (Å²) in [4.78, 5) is 23.1. The van der Waals surface area contributed by atoms with Crippen LogP contribution in [0, 0.1) is 0 Å². The predicted octanol–water partition coefficient (Wildman–Crippen LogP) is 4.68. The minimum Gasteiger partial charge on any atom is -0.467 e. The number of methoxy groups -OCH3 is 1. The minimum absolute atomic E-state index is 0.369. The second-order valence-corrected chi connectivity index (χ2v) is 6.96. The number of benzene rings is 2. The monoisotopic (exact) mass is 375 g/mol. The smallest absolute Gasteiger partial charge is 0.333 e. The Balaban J connectivity index is 1.74. The number of hydrogen-bond acceptors (Lipinski definition) is 6. The Hall–Kier alpha value is -3.25. The van der Waals surface area contributed by atoms with Crippen LogP contribution < -0.4 is 5.32 Å². The molecule has 134 valence electrons. The van der Waals surface area contributed by atoms with Gasteiger partial charge in [-0.05, 0) is 17.2 Å². The highest BCUT2D eigenvalue weighted by atomic mass is 32.1. The number of aromatic nitrogens is 2. The van der Waals surface area contributed by atoms with Crippen LogP contribution in [0.3, 0.4) is 0 Å². The number of fused-ring (bicyclic) bond motifs is 1. The Labute approximate surface area is 160 Å². The van der Waals surface area contributed by atoms with Gasteiger partial charge in [0.15, 0.2) is 6.04 Å². The molecule has 5 nitrogen and oxygen atoms in total. The van der Waals surface area contributed by atoms with Gasteiger partial charge >= 0.3 is 5.97 Å². The fourth-order valence-corrected chi connectivity index (χ4v) is 3.90. The Morgan fingerprint density at radius 1 is 1.04 bits per heavy atom. The van der Waals surface area contributed by atoms with Gasteiger partial charge in [0, 0.05) is 4.88 Å². The lowest BCUT2D eigenvalue weighted by Crippen LogP contribution is -2.22. The van der Waals surface area contributed by atoms with Gasteiger partial charge < -0.3 is 10.1 Å². The third-order valence-corrected chi connectivity index (χ3v) is 5.33. The van der Waals surface area contributed by atoms with Crippen molar-refractivity contribution in [3.05, 3.63) is 78.6 Å². The summed E-state index contributed by atoms with van der Waals surface area (Å²) in [6, 6.07) is 21.0. The van der Waals surface area contributed by atoms with Crippen molar-refractivity contribution in [2.45, 2.75) is 6.04 Å². The van der Waals surface area contributed by atoms with Gasteiger partial charge in [0.05, 0.1) is 12.5 Å². The lowest BCUT2D eigenvalue weighted by molar-refractivity contribution is -0.141. The summed E-state index contributed by atoms with van der Waals surface area (Å²) < 4.78 is 4.98. The number of anilines is 1. The van der Waals surface area contributed by atoms with Crippen molar-refractivity contribution in [1.82, 2.24) is 9.97 Å². The third kappa shape index (κ3) is 3.52. The van der Waals surface area contributed by atoms with Crippen molar-refractivity contribution in [3.8, 4) is 10.4 Å². The van der Waals surface area contributed by atoms with Gasteiger partial charge in [-0.1, -0.05) is 60.7 Å². The van der Waals surface area contributed by atoms with E-state index in [0.717, 1.165) is 26.2 Å². The van der Waals surface area contributed by atoms with Crippen molar-refractivity contribution < 1.29 is 9.53 Å². The van der Waals surface area contributed by atoms with E-state index in [1.807, 2.05) is 48.5 Å². The van der Waals surface area contributed by atoms with Gasteiger partial charge in [0.25, 0.3) is 0 Å². The first-order chi connectivity index (χ1) is 13.3. The van der Waals surface area contributed by atoms with E-state index in [4.69, 9.17) is 4.74 Å². The highest BCUT2D eigenvalue weighted by molar-refractivity contribution is 7.21. The molecule has 4 rings (SSSR count). The van der Waals surface area contributed by atoms with Crippen molar-refractivity contribution >= 4 is 33.3 Å². The zero-order chi connectivity index (χ0) is 18.6. The van der Waals surface area contributed by atoms with Crippen LogP contribution in [-0.4, -0.2) is 23.0 Å². The minimum atomic E-state index is -0.644. The Bertz CT molecular complexity index is 1060. The first-order valence-corrected chi connectivity index (χ1v) is 9.27. The van der Waals surface area contributed by atoms with Gasteiger partial charge in [-0.25, -0.2) is 14.8 Å². The Morgan fingerprint density at radius 3 is 2.44 bits per heavy atom. The molecule has 6 heteroatoms. The molecule has 0 bridgehead atoms. The Morgan fingerprint density at radius 2 is 1.74 bits per heavy atom. The SMILES string of the molecule is COC(=O)C(Nc1ncnc2sc(-c3ccccc3)cc12)c1ccccc1. The van der Waals surface area contributed by atoms with Gasteiger partial charge in [0.2, 0.25) is 0 Å². The van der Waals surface area contributed by atoms with Crippen molar-refractivity contribution in [2.75, 3.05) is 12.4 Å². The Kier molecular flexibility index (Phi) is 4.80. The number of rotatable bonds is 5. The molecule has 0 aliphatic carbocycles. The average molecular weight is 375 g/mol. The second kappa shape index (κ2) is 7.55. The summed E-state index contributed by atoms with van der Waals surface area (Å²) in [6.07, 6.45) is 1.51. The highest BCUT2D eigenvalue weighted by Gasteiger charge is 2.23. The van der Waals surface area contributed by atoms with Crippen molar-refractivity contribution in [2.24, 2.45) is 0 Å². The van der Waals surface area contributed by atoms with Gasteiger partial charge in [-0.3, -0.25) is 0 Å². The number of esters is 1. The molecule has 0 radical (unpaired) electrons. The van der Waals surface area contributed by atoms with Crippen molar-refractivity contribution in [3.63, 3.8) is 0 Å². The summed E-state index contributed by atoms with van der Waals surface area (Å²) >= 11 is 1.59. The van der Waals surface area contributed by atoms with Crippen LogP contribution in [0.25, 0.3) is 20.7 Å². The molecular weight excluding hydrogens is 358 g/mol. The first kappa shape index (κ1) is 17.2. The molecule has 2 aromatic heterocycles. The molecule has 0 fully saturated rings. The van der Waals surface area contributed by atoms with Crippen LogP contribution >= 0.6 is 11.3 Å². The molecule has 0 saturated carbocycles. The lowest BCUT2D eigenvalue weighted by atomic mass is 10.1. The summed E-state index contributed by atoms with van der Waals surface area (Å²) in [5, 5.41) is 4.12. The number of carbonyl (C=O) groups is 1. The molecule has 1 unspecified atom stereocenters. The van der Waals surface area contributed by atoms with Crippen molar-refractivity contribution in [1.29, 1.82) is 0 Å². The fourth-order valence-electron chi connectivity index (χ4n) is 2.89. The van der Waals surface area contributed by atoms with Crippen LogP contribution in [0.15, 0.2) is 73.1 Å². The van der Waals surface area contributed by atoms with Gasteiger partial charge in [-0.2, -0.15) is 0 Å². The average Bonchev–Trinajstić information content (AvgIpc) is 3.18. The second-order valence-electron chi connectivity index (χ2n) is 5.93. The summed E-state index contributed by atoms with van der Waals surface area (Å²) in [6.45, 7) is 0. The molecule has 2 aromatic carbocycles. The largest absolute Gasteiger partial charge is 0.467 e. The number of hydrogen-bond donors (Lipinski definition) is 1. The number of ether oxygens (including phenoxy) is 1. The van der Waals surface area contributed by atoms with E-state index in [0.29, 0.717) is 5.82 Å². The molecule has 1 atom stereocenters. The topological polar surface area (TPSA) is 64.1 Å². The quantitative estimate of drug-likeness (QED) is 0.513. The molecule has 0 spiro atoms. The zero-order valence-electron chi connectivity index (χ0n) is 14.6. The molecule has 1 N–H and O–H groups in total. The zero-order valence-corrected chi connectivity index (χ0v) is 15.4. The summed E-state index contributed by atoms with van der Waals surface area (Å²) in [5.41, 5.74) is 1.94. The lowest BCUT2D eigenvalue weighted by Gasteiger charge is -2.17. The molecule has 0 saturated heterocycles. The molecule has 0 aliphatic heterocycles. The molecule has 2 heterocycles. The predicted molar refractivity (Wildman–Crippen MR) is 108 cm³/mol. The first-order valence-electron chi connectivity index (χ1n) is 8.45. The standard InChI is InChI=1S/C21H17N3O2S/c1-26-21(25)18(15-10-6-3-7-11-15)24-19-16-12-17(14-8-4-2-5-9-14)27-20(16)23-13-22-19/h2-13,18H,1H3,(H,22,23,24). The maximum Gasteiger partial charge on any atom is 0.333 e. The van der Waals surface area contributed by atoms with Gasteiger partial charge in [0.1, 0.15) is 17.0 Å². The summed E-state index contributed by atoms with van der Waals surface area (Å²) in [5.74, 6) is 0.240. The van der Waals surface area contributed by atoms with Crippen LogP contribution in [0.1, 0.15) is 11.6 Å². The van der Waals surface area contributed by atoms with Gasteiger partial charge in [-0.15, -0.1) is 11.3 Å². The van der Waals surface area contributed by atoms with E-state index in [1.54, 1.807) is 11.3 Å². The van der Waals surface area contributed by atoms with E-state index in [1.165, 1.54) is 13.4 Å². The van der Waals surface area contributed by atoms with Crippen LogP contribution in [0.4, 0.5) is 5.82 Å². The molecule has 0 aliphatic rings. The van der Waals surface area contributed by atoms with Crippen LogP contribution in [0.5, 0.6) is 0 Å². The van der Waals surface area contributed by atoms with E-state index in [9.17, 15) is 4.79 Å². The molecule has 27 heavy (non-hydrogen) atoms. The fraction of sp³-hybridized carbons (Fsp3) is 0.0952. The number of carbonyl (C=O) groups excluding carboxylic acids is 1.